The van der Waals surface area contributed by atoms with Crippen LogP contribution in [0.25, 0.3) is 27.3 Å². The lowest BCUT2D eigenvalue weighted by Gasteiger charge is -2.25. The number of nitrogens with one attached hydrogen (secondary N) is 2. The van der Waals surface area contributed by atoms with Crippen molar-refractivity contribution in [2.24, 2.45) is 0 Å². The maximum absolute atomic E-state index is 12.5. The fourth-order valence-electron chi connectivity index (χ4n) is 4.22. The number of hydrogen-bond acceptors (Lipinski definition) is 6. The van der Waals surface area contributed by atoms with Crippen LogP contribution in [0, 0.1) is 6.92 Å². The van der Waals surface area contributed by atoms with Crippen LogP contribution >= 0.6 is 11.3 Å². The summed E-state index contributed by atoms with van der Waals surface area (Å²) in [5.41, 5.74) is 11.5. The summed E-state index contributed by atoms with van der Waals surface area (Å²) in [4.78, 5) is 31.1. The normalized spacial score (nSPS) is 13.7. The van der Waals surface area contributed by atoms with Gasteiger partial charge in [-0.1, -0.05) is 24.3 Å². The molecule has 0 spiro atoms. The maximum Gasteiger partial charge on any atom is 0.323 e. The lowest BCUT2D eigenvalue weighted by atomic mass is 10.0. The molecular weight excluding hydrogens is 486 g/mol. The minimum atomic E-state index is -0.309. The zero-order valence-corrected chi connectivity index (χ0v) is 21.2. The Balaban J connectivity index is 1.32. The largest absolute Gasteiger partial charge is 0.383 e. The Morgan fingerprint density at radius 3 is 2.59 bits per heavy atom. The molecular formula is C28H27N5O3S. The van der Waals surface area contributed by atoms with Gasteiger partial charge in [0.2, 0.25) is 5.91 Å². The minimum Gasteiger partial charge on any atom is -0.383 e. The first kappa shape index (κ1) is 24.5. The van der Waals surface area contributed by atoms with Gasteiger partial charge in [-0.05, 0) is 53.8 Å². The molecule has 37 heavy (non-hydrogen) atoms. The van der Waals surface area contributed by atoms with Crippen LogP contribution in [0.2, 0.25) is 0 Å². The fourth-order valence-corrected chi connectivity index (χ4v) is 5.30. The molecule has 0 saturated carbocycles. The van der Waals surface area contributed by atoms with Crippen LogP contribution in [-0.4, -0.2) is 48.1 Å². The summed E-state index contributed by atoms with van der Waals surface area (Å²) in [5, 5.41) is 8.59. The summed E-state index contributed by atoms with van der Waals surface area (Å²) >= 11 is 1.56. The maximum atomic E-state index is 12.5. The first-order valence-corrected chi connectivity index (χ1v) is 12.8. The van der Waals surface area contributed by atoms with E-state index in [-0.39, 0.29) is 11.9 Å². The molecule has 5 rings (SSSR count). The number of thiophene rings is 1. The lowest BCUT2D eigenvalue weighted by molar-refractivity contribution is -0.129. The van der Waals surface area contributed by atoms with E-state index < -0.39 is 0 Å². The van der Waals surface area contributed by atoms with Crippen LogP contribution in [-0.2, 0) is 9.53 Å². The molecule has 1 fully saturated rings. The van der Waals surface area contributed by atoms with Crippen molar-refractivity contribution in [2.75, 3.05) is 42.7 Å². The number of aromatic nitrogens is 1. The van der Waals surface area contributed by atoms with Crippen LogP contribution in [0.5, 0.6) is 0 Å². The predicted molar refractivity (Wildman–Crippen MR) is 150 cm³/mol. The van der Waals surface area contributed by atoms with Gasteiger partial charge >= 0.3 is 6.03 Å². The Kier molecular flexibility index (Phi) is 7.16. The summed E-state index contributed by atoms with van der Waals surface area (Å²) in [6.45, 7) is 4.29. The highest BCUT2D eigenvalue weighted by Crippen LogP contribution is 2.39. The summed E-state index contributed by atoms with van der Waals surface area (Å²) in [5.74, 6) is 0.391. The third-order valence-corrected chi connectivity index (χ3v) is 7.14. The van der Waals surface area contributed by atoms with Gasteiger partial charge in [-0.15, -0.1) is 11.3 Å². The van der Waals surface area contributed by atoms with Gasteiger partial charge in [0.1, 0.15) is 5.82 Å². The number of anilines is 3. The summed E-state index contributed by atoms with van der Waals surface area (Å²) in [6, 6.07) is 14.9. The molecule has 1 aliphatic rings. The van der Waals surface area contributed by atoms with Crippen LogP contribution in [0.1, 0.15) is 11.1 Å². The zero-order chi connectivity index (χ0) is 25.8. The summed E-state index contributed by atoms with van der Waals surface area (Å²) < 4.78 is 6.28. The van der Waals surface area contributed by atoms with Crippen molar-refractivity contribution in [1.82, 2.24) is 9.88 Å². The van der Waals surface area contributed by atoms with Crippen LogP contribution in [0.3, 0.4) is 0 Å². The van der Waals surface area contributed by atoms with E-state index in [0.717, 1.165) is 38.0 Å². The molecule has 2 aromatic heterocycles. The third-order valence-electron chi connectivity index (χ3n) is 6.11. The molecule has 188 valence electrons. The smallest absolute Gasteiger partial charge is 0.323 e. The Bertz CT molecular complexity index is 1470. The van der Waals surface area contributed by atoms with Gasteiger partial charge in [-0.3, -0.25) is 4.79 Å². The Hall–Kier alpha value is -4.21. The molecule has 0 atom stereocenters. The molecule has 0 unspecified atom stereocenters. The van der Waals surface area contributed by atoms with E-state index in [0.29, 0.717) is 37.8 Å². The molecule has 0 radical (unpaired) electrons. The number of benzene rings is 2. The third kappa shape index (κ3) is 5.63. The minimum absolute atomic E-state index is 0.0421. The van der Waals surface area contributed by atoms with Crippen molar-refractivity contribution in [2.45, 2.75) is 6.92 Å². The Labute approximate surface area is 218 Å². The second kappa shape index (κ2) is 10.8. The first-order valence-electron chi connectivity index (χ1n) is 11.9. The molecule has 0 aliphatic carbocycles. The number of carbonyl (C=O) groups excluding carboxylic acids is 2. The number of urea groups is 1. The number of rotatable bonds is 5. The van der Waals surface area contributed by atoms with Crippen molar-refractivity contribution in [3.05, 3.63) is 77.3 Å². The number of aryl methyl sites for hydroxylation is 1. The number of hydrogen-bond donors (Lipinski definition) is 3. The van der Waals surface area contributed by atoms with Gasteiger partial charge in [0.15, 0.2) is 0 Å². The van der Waals surface area contributed by atoms with E-state index in [2.05, 4.69) is 15.6 Å². The highest BCUT2D eigenvalue weighted by Gasteiger charge is 2.16. The van der Waals surface area contributed by atoms with Crippen molar-refractivity contribution >= 4 is 56.6 Å². The van der Waals surface area contributed by atoms with E-state index in [9.17, 15) is 9.59 Å². The van der Waals surface area contributed by atoms with E-state index in [1.165, 1.54) is 0 Å². The number of amides is 3. The van der Waals surface area contributed by atoms with Crippen LogP contribution in [0.15, 0.2) is 66.2 Å². The molecule has 9 heteroatoms. The van der Waals surface area contributed by atoms with E-state index >= 15 is 0 Å². The highest BCUT2D eigenvalue weighted by atomic mass is 32.1. The van der Waals surface area contributed by atoms with Crippen molar-refractivity contribution in [3.8, 4) is 11.1 Å². The fraction of sp³-hybridized carbons (Fsp3) is 0.179. The van der Waals surface area contributed by atoms with Crippen molar-refractivity contribution in [3.63, 3.8) is 0 Å². The average molecular weight is 514 g/mol. The number of carbonyl (C=O) groups is 2. The van der Waals surface area contributed by atoms with Crippen LogP contribution < -0.4 is 16.4 Å². The summed E-state index contributed by atoms with van der Waals surface area (Å²) in [6.07, 6.45) is 5.08. The van der Waals surface area contributed by atoms with Gasteiger partial charge in [0.25, 0.3) is 0 Å². The quantitative estimate of drug-likeness (QED) is 0.311. The van der Waals surface area contributed by atoms with Gasteiger partial charge < -0.3 is 26.0 Å². The molecule has 8 nitrogen and oxygen atoms in total. The van der Waals surface area contributed by atoms with Crippen molar-refractivity contribution in [1.29, 1.82) is 0 Å². The molecule has 1 aliphatic heterocycles. The average Bonchev–Trinajstić information content (AvgIpc) is 3.35. The molecule has 2 aromatic carbocycles. The standard InChI is InChI=1S/C28H27N5O3S/c1-18-3-2-4-22(15-18)32-28(35)31-21-8-5-19(6-9-21)23-17-37-26-20(16-30-27(29)25(23)26)7-10-24(34)33-11-13-36-14-12-33/h2-10,15-17H,11-14H2,1H3,(H2,29,30)(H2,31,32,35)/b10-7+. The number of morpholine rings is 1. The topological polar surface area (TPSA) is 110 Å². The SMILES string of the molecule is Cc1cccc(NC(=O)Nc2ccc(-c3csc4c(/C=C/C(=O)N5CCOCC5)cnc(N)c34)cc2)c1. The number of nitrogens with zero attached hydrogens (tertiary/aromatic N) is 2. The van der Waals surface area contributed by atoms with E-state index in [1.54, 1.807) is 34.6 Å². The predicted octanol–water partition coefficient (Wildman–Crippen LogP) is 5.37. The summed E-state index contributed by atoms with van der Waals surface area (Å²) in [7, 11) is 0. The molecule has 3 amide bonds. The van der Waals surface area contributed by atoms with E-state index in [4.69, 9.17) is 10.5 Å². The lowest BCUT2D eigenvalue weighted by Crippen LogP contribution is -2.39. The highest BCUT2D eigenvalue weighted by molar-refractivity contribution is 7.18. The number of nitrogen functional groups attached to an aromatic ring is 1. The van der Waals surface area contributed by atoms with Crippen molar-refractivity contribution < 1.29 is 14.3 Å². The number of nitrogens with two attached hydrogens (primary N) is 1. The monoisotopic (exact) mass is 513 g/mol. The molecule has 3 heterocycles. The molecule has 4 aromatic rings. The van der Waals surface area contributed by atoms with Gasteiger partial charge in [0.05, 0.1) is 13.2 Å². The Morgan fingerprint density at radius 2 is 1.84 bits per heavy atom. The second-order valence-corrected chi connectivity index (χ2v) is 9.63. The van der Waals surface area contributed by atoms with E-state index in [1.807, 2.05) is 60.8 Å². The first-order chi connectivity index (χ1) is 18.0. The van der Waals surface area contributed by atoms with Crippen LogP contribution in [0.4, 0.5) is 22.0 Å². The second-order valence-electron chi connectivity index (χ2n) is 8.75. The Morgan fingerprint density at radius 1 is 1.08 bits per heavy atom. The van der Waals surface area contributed by atoms with Gasteiger partial charge in [-0.2, -0.15) is 0 Å². The molecule has 4 N–H and O–H groups in total. The van der Waals surface area contributed by atoms with Gasteiger partial charge in [-0.25, -0.2) is 9.78 Å². The molecule has 0 bridgehead atoms. The number of fused-ring (bicyclic) bond motifs is 1. The molecule has 1 saturated heterocycles. The number of ether oxygens (including phenoxy) is 1. The number of pyridine rings is 1. The van der Waals surface area contributed by atoms with Gasteiger partial charge in [0, 0.05) is 58.0 Å². The zero-order valence-electron chi connectivity index (χ0n) is 20.4.